The Kier molecular flexibility index (Phi) is 4.75. The van der Waals surface area contributed by atoms with Crippen molar-refractivity contribution in [3.63, 3.8) is 0 Å². The highest BCUT2D eigenvalue weighted by molar-refractivity contribution is 7.22. The number of hydrogen-bond donors (Lipinski definition) is 1. The summed E-state index contributed by atoms with van der Waals surface area (Å²) >= 11 is 1.67. The molecular weight excluding hydrogens is 386 g/mol. The Labute approximate surface area is 173 Å². The van der Waals surface area contributed by atoms with Gasteiger partial charge in [-0.1, -0.05) is 24.3 Å². The fourth-order valence-corrected chi connectivity index (χ4v) is 4.78. The van der Waals surface area contributed by atoms with Gasteiger partial charge in [0, 0.05) is 25.2 Å². The summed E-state index contributed by atoms with van der Waals surface area (Å²) < 4.78 is 11.8. The normalized spacial score (nSPS) is 16.4. The lowest BCUT2D eigenvalue weighted by Crippen LogP contribution is -2.32. The number of anilines is 1. The summed E-state index contributed by atoms with van der Waals surface area (Å²) in [6.45, 7) is 5.11. The van der Waals surface area contributed by atoms with Crippen LogP contribution in [0.25, 0.3) is 10.2 Å². The molecule has 1 N–H and O–H groups in total. The molecule has 6 nitrogen and oxygen atoms in total. The second-order valence-corrected chi connectivity index (χ2v) is 8.73. The standard InChI is InChI=1S/C22H23N3O3S/c1-14-6-8-25(9-7-14)22-24-17-4-3-16(11-20(17)29-22)21(26)23-12-15-2-5-18-19(10-15)28-13-27-18/h2-5,10-11,14H,6-9,12-13H2,1H3,(H,23,26). The lowest BCUT2D eigenvalue weighted by Gasteiger charge is -2.29. The number of benzene rings is 2. The average molecular weight is 410 g/mol. The number of fused-ring (bicyclic) bond motifs is 2. The van der Waals surface area contributed by atoms with Gasteiger partial charge in [0.25, 0.3) is 5.91 Å². The third-order valence-corrected chi connectivity index (χ3v) is 6.66. The van der Waals surface area contributed by atoms with Crippen LogP contribution < -0.4 is 19.7 Å². The summed E-state index contributed by atoms with van der Waals surface area (Å²) in [5.74, 6) is 2.17. The van der Waals surface area contributed by atoms with Crippen LogP contribution in [0.5, 0.6) is 11.5 Å². The molecule has 5 rings (SSSR count). The average Bonchev–Trinajstić information content (AvgIpc) is 3.38. The predicted molar refractivity (Wildman–Crippen MR) is 114 cm³/mol. The van der Waals surface area contributed by atoms with Gasteiger partial charge in [-0.25, -0.2) is 4.98 Å². The van der Waals surface area contributed by atoms with Crippen molar-refractivity contribution in [3.05, 3.63) is 47.5 Å². The minimum absolute atomic E-state index is 0.0914. The fourth-order valence-electron chi connectivity index (χ4n) is 3.72. The van der Waals surface area contributed by atoms with E-state index < -0.39 is 0 Å². The summed E-state index contributed by atoms with van der Waals surface area (Å²) in [5.41, 5.74) is 2.58. The molecule has 1 amide bonds. The molecule has 29 heavy (non-hydrogen) atoms. The van der Waals surface area contributed by atoms with Crippen LogP contribution in [0.1, 0.15) is 35.7 Å². The van der Waals surface area contributed by atoms with Crippen molar-refractivity contribution in [1.82, 2.24) is 10.3 Å². The molecule has 0 saturated carbocycles. The molecule has 2 aromatic carbocycles. The zero-order valence-corrected chi connectivity index (χ0v) is 17.1. The molecule has 0 atom stereocenters. The van der Waals surface area contributed by atoms with Gasteiger partial charge in [0.1, 0.15) is 0 Å². The number of hydrogen-bond acceptors (Lipinski definition) is 6. The number of amides is 1. The molecule has 2 aliphatic rings. The molecule has 3 heterocycles. The molecule has 2 aliphatic heterocycles. The summed E-state index contributed by atoms with van der Waals surface area (Å²) in [7, 11) is 0. The minimum Gasteiger partial charge on any atom is -0.454 e. The van der Waals surface area contributed by atoms with Crippen LogP contribution in [0.4, 0.5) is 5.13 Å². The highest BCUT2D eigenvalue weighted by Gasteiger charge is 2.19. The van der Waals surface area contributed by atoms with E-state index in [1.165, 1.54) is 12.8 Å². The Morgan fingerprint density at radius 1 is 1.17 bits per heavy atom. The van der Waals surface area contributed by atoms with Gasteiger partial charge < -0.3 is 19.7 Å². The van der Waals surface area contributed by atoms with E-state index in [0.29, 0.717) is 12.1 Å². The van der Waals surface area contributed by atoms with E-state index in [-0.39, 0.29) is 12.7 Å². The van der Waals surface area contributed by atoms with Gasteiger partial charge in [0.2, 0.25) is 6.79 Å². The van der Waals surface area contributed by atoms with Crippen LogP contribution in [0.2, 0.25) is 0 Å². The van der Waals surface area contributed by atoms with Crippen LogP contribution in [-0.2, 0) is 6.54 Å². The predicted octanol–water partition coefficient (Wildman–Crippen LogP) is 4.19. The molecule has 150 valence electrons. The summed E-state index contributed by atoms with van der Waals surface area (Å²) in [6.07, 6.45) is 2.42. The molecule has 0 radical (unpaired) electrons. The molecule has 1 aromatic heterocycles. The molecular formula is C22H23N3O3S. The van der Waals surface area contributed by atoms with Crippen molar-refractivity contribution in [3.8, 4) is 11.5 Å². The molecule has 7 heteroatoms. The Morgan fingerprint density at radius 2 is 2.00 bits per heavy atom. The maximum Gasteiger partial charge on any atom is 0.251 e. The highest BCUT2D eigenvalue weighted by Crippen LogP contribution is 2.33. The number of rotatable bonds is 4. The fraction of sp³-hybridized carbons (Fsp3) is 0.364. The van der Waals surface area contributed by atoms with E-state index in [0.717, 1.165) is 51.4 Å². The van der Waals surface area contributed by atoms with Gasteiger partial charge in [-0.15, -0.1) is 0 Å². The monoisotopic (exact) mass is 409 g/mol. The first-order chi connectivity index (χ1) is 14.2. The van der Waals surface area contributed by atoms with E-state index in [1.807, 2.05) is 36.4 Å². The Morgan fingerprint density at radius 3 is 2.86 bits per heavy atom. The number of carbonyl (C=O) groups excluding carboxylic acids is 1. The maximum atomic E-state index is 12.6. The SMILES string of the molecule is CC1CCN(c2nc3ccc(C(=O)NCc4ccc5c(c4)OCO5)cc3s2)CC1. The molecule has 3 aromatic rings. The van der Waals surface area contributed by atoms with Crippen molar-refractivity contribution in [1.29, 1.82) is 0 Å². The largest absolute Gasteiger partial charge is 0.454 e. The summed E-state index contributed by atoms with van der Waals surface area (Å²) in [6, 6.07) is 11.4. The lowest BCUT2D eigenvalue weighted by molar-refractivity contribution is 0.0951. The zero-order valence-electron chi connectivity index (χ0n) is 16.3. The molecule has 0 unspecified atom stereocenters. The van der Waals surface area contributed by atoms with E-state index in [9.17, 15) is 4.79 Å². The number of carbonyl (C=O) groups is 1. The highest BCUT2D eigenvalue weighted by atomic mass is 32.1. The Bertz CT molecular complexity index is 1060. The number of nitrogens with zero attached hydrogens (tertiary/aromatic N) is 2. The summed E-state index contributed by atoms with van der Waals surface area (Å²) in [5, 5.41) is 4.04. The second-order valence-electron chi connectivity index (χ2n) is 7.72. The number of ether oxygens (including phenoxy) is 2. The molecule has 0 spiro atoms. The van der Waals surface area contributed by atoms with Gasteiger partial charge in [0.05, 0.1) is 10.2 Å². The van der Waals surface area contributed by atoms with Crippen molar-refractivity contribution < 1.29 is 14.3 Å². The number of aromatic nitrogens is 1. The van der Waals surface area contributed by atoms with E-state index in [1.54, 1.807) is 11.3 Å². The first-order valence-corrected chi connectivity index (χ1v) is 10.8. The van der Waals surface area contributed by atoms with Crippen molar-refractivity contribution in [2.45, 2.75) is 26.3 Å². The Balaban J connectivity index is 1.27. The van der Waals surface area contributed by atoms with Crippen LogP contribution >= 0.6 is 11.3 Å². The number of nitrogens with one attached hydrogen (secondary N) is 1. The smallest absolute Gasteiger partial charge is 0.251 e. The van der Waals surface area contributed by atoms with Crippen LogP contribution in [0.3, 0.4) is 0 Å². The van der Waals surface area contributed by atoms with Crippen LogP contribution in [-0.4, -0.2) is 30.8 Å². The van der Waals surface area contributed by atoms with Crippen molar-refractivity contribution in [2.24, 2.45) is 5.92 Å². The van der Waals surface area contributed by atoms with Gasteiger partial charge in [0.15, 0.2) is 16.6 Å². The van der Waals surface area contributed by atoms with Crippen LogP contribution in [0, 0.1) is 5.92 Å². The molecule has 1 saturated heterocycles. The Hall–Kier alpha value is -2.80. The first-order valence-electron chi connectivity index (χ1n) is 9.98. The minimum atomic E-state index is -0.0914. The second kappa shape index (κ2) is 7.55. The number of piperidine rings is 1. The molecule has 0 bridgehead atoms. The quantitative estimate of drug-likeness (QED) is 0.700. The topological polar surface area (TPSA) is 63.7 Å². The van der Waals surface area contributed by atoms with Gasteiger partial charge in [-0.2, -0.15) is 0 Å². The van der Waals surface area contributed by atoms with Gasteiger partial charge in [-0.3, -0.25) is 4.79 Å². The lowest BCUT2D eigenvalue weighted by atomic mass is 10.00. The van der Waals surface area contributed by atoms with E-state index >= 15 is 0 Å². The van der Waals surface area contributed by atoms with Gasteiger partial charge in [-0.05, 0) is 54.7 Å². The molecule has 1 fully saturated rings. The van der Waals surface area contributed by atoms with Gasteiger partial charge >= 0.3 is 0 Å². The van der Waals surface area contributed by atoms with E-state index in [2.05, 4.69) is 17.1 Å². The van der Waals surface area contributed by atoms with Crippen molar-refractivity contribution >= 4 is 32.6 Å². The maximum absolute atomic E-state index is 12.6. The molecule has 0 aliphatic carbocycles. The van der Waals surface area contributed by atoms with Crippen LogP contribution in [0.15, 0.2) is 36.4 Å². The van der Waals surface area contributed by atoms with E-state index in [4.69, 9.17) is 14.5 Å². The zero-order chi connectivity index (χ0) is 19.8. The first kappa shape index (κ1) is 18.2. The third kappa shape index (κ3) is 3.74. The van der Waals surface area contributed by atoms with Crippen molar-refractivity contribution in [2.75, 3.05) is 24.8 Å². The third-order valence-electron chi connectivity index (χ3n) is 5.58. The summed E-state index contributed by atoms with van der Waals surface area (Å²) in [4.78, 5) is 19.8. The number of thiazole rings is 1.